The van der Waals surface area contributed by atoms with Gasteiger partial charge in [0.15, 0.2) is 4.77 Å². The van der Waals surface area contributed by atoms with Crippen molar-refractivity contribution < 1.29 is 13.9 Å². The van der Waals surface area contributed by atoms with Crippen molar-refractivity contribution in [2.75, 3.05) is 20.3 Å². The Morgan fingerprint density at radius 2 is 2.33 bits per heavy atom. The van der Waals surface area contributed by atoms with E-state index < -0.39 is 6.04 Å². The van der Waals surface area contributed by atoms with Crippen LogP contribution in [0.1, 0.15) is 13.0 Å². The van der Waals surface area contributed by atoms with Crippen LogP contribution < -0.4 is 5.32 Å². The topological polar surface area (TPSA) is 59.0 Å². The van der Waals surface area contributed by atoms with E-state index in [1.54, 1.807) is 24.7 Å². The molecular weight excluding hydrogens is 408 g/mol. The van der Waals surface area contributed by atoms with E-state index in [0.717, 1.165) is 0 Å². The first-order valence-corrected chi connectivity index (χ1v) is 7.80. The maximum Gasteiger partial charge on any atom is 0.242 e. The molecule has 2 aromatic rings. The van der Waals surface area contributed by atoms with Crippen molar-refractivity contribution in [3.05, 3.63) is 26.3 Å². The maximum atomic E-state index is 13.8. The molecule has 21 heavy (non-hydrogen) atoms. The van der Waals surface area contributed by atoms with Crippen LogP contribution in [0.25, 0.3) is 11.0 Å². The molecule has 1 aromatic carbocycles. The summed E-state index contributed by atoms with van der Waals surface area (Å²) >= 11 is 7.16. The summed E-state index contributed by atoms with van der Waals surface area (Å²) in [4.78, 5) is 15.1. The molecular formula is C13H15FIN3O2S. The van der Waals surface area contributed by atoms with Gasteiger partial charge in [-0.2, -0.15) is 0 Å². The smallest absolute Gasteiger partial charge is 0.242 e. The Kier molecular flexibility index (Phi) is 5.33. The van der Waals surface area contributed by atoms with Crippen molar-refractivity contribution in [1.82, 2.24) is 14.9 Å². The number of nitrogens with zero attached hydrogens (tertiary/aromatic N) is 1. The number of carbonyl (C=O) groups excluding carboxylic acids is 1. The predicted octanol–water partition coefficient (Wildman–Crippen LogP) is 2.77. The summed E-state index contributed by atoms with van der Waals surface area (Å²) in [5.74, 6) is -0.527. The lowest BCUT2D eigenvalue weighted by molar-refractivity contribution is -0.124. The normalized spacial score (nSPS) is 12.6. The minimum absolute atomic E-state index is 0.192. The average Bonchev–Trinajstić information content (AvgIpc) is 2.74. The van der Waals surface area contributed by atoms with Gasteiger partial charge in [0.2, 0.25) is 5.91 Å². The quantitative estimate of drug-likeness (QED) is 0.442. The van der Waals surface area contributed by atoms with E-state index in [-0.39, 0.29) is 11.7 Å². The molecule has 2 rings (SSSR count). The van der Waals surface area contributed by atoms with E-state index in [2.05, 4.69) is 10.3 Å². The van der Waals surface area contributed by atoms with Crippen LogP contribution in [0, 0.1) is 14.2 Å². The highest BCUT2D eigenvalue weighted by Gasteiger charge is 2.19. The van der Waals surface area contributed by atoms with E-state index in [1.165, 1.54) is 6.07 Å². The first-order chi connectivity index (χ1) is 9.95. The number of amides is 1. The second-order valence-corrected chi connectivity index (χ2v) is 6.09. The van der Waals surface area contributed by atoms with E-state index in [1.807, 2.05) is 22.6 Å². The third-order valence-corrected chi connectivity index (χ3v) is 4.26. The molecule has 0 aliphatic heterocycles. The van der Waals surface area contributed by atoms with Gasteiger partial charge >= 0.3 is 0 Å². The van der Waals surface area contributed by atoms with Gasteiger partial charge in [-0.05, 0) is 47.8 Å². The van der Waals surface area contributed by atoms with Gasteiger partial charge in [0.05, 0.1) is 21.2 Å². The first kappa shape index (κ1) is 16.4. The Hall–Kier alpha value is -1.00. The molecule has 0 fully saturated rings. The summed E-state index contributed by atoms with van der Waals surface area (Å²) in [7, 11) is 1.57. The highest BCUT2D eigenvalue weighted by Crippen LogP contribution is 2.23. The minimum atomic E-state index is -0.539. The predicted molar refractivity (Wildman–Crippen MR) is 89.4 cm³/mol. The van der Waals surface area contributed by atoms with Crippen molar-refractivity contribution in [1.29, 1.82) is 0 Å². The van der Waals surface area contributed by atoms with Gasteiger partial charge < -0.3 is 19.6 Å². The number of rotatable bonds is 5. The highest BCUT2D eigenvalue weighted by molar-refractivity contribution is 14.1. The lowest BCUT2D eigenvalue weighted by atomic mass is 10.2. The van der Waals surface area contributed by atoms with Crippen molar-refractivity contribution in [3.8, 4) is 0 Å². The fourth-order valence-corrected chi connectivity index (χ4v) is 2.88. The SMILES string of the molecule is COCCNC(=O)C(C)n1c(=S)[nH]c2cc(I)c(F)cc21. The van der Waals surface area contributed by atoms with E-state index in [9.17, 15) is 9.18 Å². The van der Waals surface area contributed by atoms with Crippen LogP contribution in [-0.2, 0) is 9.53 Å². The molecule has 1 amide bonds. The Balaban J connectivity index is 2.37. The number of halogens is 2. The fraction of sp³-hybridized carbons (Fsp3) is 0.385. The summed E-state index contributed by atoms with van der Waals surface area (Å²) < 4.78 is 21.2. The zero-order valence-electron chi connectivity index (χ0n) is 11.6. The van der Waals surface area contributed by atoms with E-state index in [0.29, 0.717) is 32.5 Å². The van der Waals surface area contributed by atoms with Crippen LogP contribution in [-0.4, -0.2) is 35.7 Å². The van der Waals surface area contributed by atoms with Gasteiger partial charge in [-0.15, -0.1) is 0 Å². The van der Waals surface area contributed by atoms with Crippen LogP contribution in [0.3, 0.4) is 0 Å². The molecule has 1 heterocycles. The number of hydrogen-bond acceptors (Lipinski definition) is 3. The Labute approximate surface area is 140 Å². The number of nitrogens with one attached hydrogen (secondary N) is 2. The van der Waals surface area contributed by atoms with Gasteiger partial charge in [0.1, 0.15) is 11.9 Å². The van der Waals surface area contributed by atoms with Crippen LogP contribution in [0.2, 0.25) is 0 Å². The zero-order valence-corrected chi connectivity index (χ0v) is 14.5. The molecule has 114 valence electrons. The lowest BCUT2D eigenvalue weighted by Crippen LogP contribution is -2.33. The standard InChI is InChI=1S/C13H15FIN3O2S/c1-7(12(19)16-3-4-20-2)18-11-5-8(14)9(15)6-10(11)17-13(18)21/h5-7H,3-4H2,1-2H3,(H,16,19)(H,17,21). The molecule has 0 aliphatic rings. The molecule has 0 spiro atoms. The molecule has 0 radical (unpaired) electrons. The Morgan fingerprint density at radius 1 is 1.62 bits per heavy atom. The van der Waals surface area contributed by atoms with Crippen LogP contribution >= 0.6 is 34.8 Å². The highest BCUT2D eigenvalue weighted by atomic mass is 127. The summed E-state index contributed by atoms with van der Waals surface area (Å²) in [5.41, 5.74) is 1.29. The average molecular weight is 423 g/mol. The number of ether oxygens (including phenoxy) is 1. The Bertz CT molecular complexity index is 728. The number of benzene rings is 1. The number of carbonyl (C=O) groups is 1. The van der Waals surface area contributed by atoms with Gasteiger partial charge in [-0.25, -0.2) is 4.39 Å². The molecule has 8 heteroatoms. The molecule has 1 unspecified atom stereocenters. The van der Waals surface area contributed by atoms with Crippen molar-refractivity contribution in [2.45, 2.75) is 13.0 Å². The summed E-state index contributed by atoms with van der Waals surface area (Å²) in [5, 5.41) is 2.75. The molecule has 2 N–H and O–H groups in total. The number of hydrogen-bond donors (Lipinski definition) is 2. The molecule has 0 saturated carbocycles. The summed E-state index contributed by atoms with van der Waals surface area (Å²) in [6, 6.07) is 2.53. The number of aromatic amines is 1. The third kappa shape index (κ3) is 3.43. The maximum absolute atomic E-state index is 13.8. The van der Waals surface area contributed by atoms with E-state index >= 15 is 0 Å². The van der Waals surface area contributed by atoms with Gasteiger partial charge in [-0.1, -0.05) is 0 Å². The minimum Gasteiger partial charge on any atom is -0.383 e. The monoisotopic (exact) mass is 423 g/mol. The fourth-order valence-electron chi connectivity index (χ4n) is 2.05. The van der Waals surface area contributed by atoms with Crippen LogP contribution in [0.15, 0.2) is 12.1 Å². The first-order valence-electron chi connectivity index (χ1n) is 6.31. The number of imidazole rings is 1. The Morgan fingerprint density at radius 3 is 3.00 bits per heavy atom. The second kappa shape index (κ2) is 6.84. The zero-order chi connectivity index (χ0) is 15.6. The van der Waals surface area contributed by atoms with Gasteiger partial charge in [0.25, 0.3) is 0 Å². The van der Waals surface area contributed by atoms with Gasteiger partial charge in [0, 0.05) is 19.7 Å². The largest absolute Gasteiger partial charge is 0.383 e. The van der Waals surface area contributed by atoms with Crippen LogP contribution in [0.4, 0.5) is 4.39 Å². The molecule has 0 bridgehead atoms. The lowest BCUT2D eigenvalue weighted by Gasteiger charge is -2.14. The van der Waals surface area contributed by atoms with Crippen LogP contribution in [0.5, 0.6) is 0 Å². The second-order valence-electron chi connectivity index (χ2n) is 4.54. The van der Waals surface area contributed by atoms with Crippen molar-refractivity contribution in [2.24, 2.45) is 0 Å². The molecule has 1 atom stereocenters. The summed E-state index contributed by atoms with van der Waals surface area (Å²) in [6.07, 6.45) is 0. The van der Waals surface area contributed by atoms with Crippen molar-refractivity contribution >= 4 is 51.7 Å². The number of aromatic nitrogens is 2. The number of fused-ring (bicyclic) bond motifs is 1. The van der Waals surface area contributed by atoms with Crippen molar-refractivity contribution in [3.63, 3.8) is 0 Å². The molecule has 1 aromatic heterocycles. The molecule has 5 nitrogen and oxygen atoms in total. The molecule has 0 aliphatic carbocycles. The van der Waals surface area contributed by atoms with E-state index in [4.69, 9.17) is 17.0 Å². The van der Waals surface area contributed by atoms with Gasteiger partial charge in [-0.3, -0.25) is 4.79 Å². The summed E-state index contributed by atoms with van der Waals surface area (Å²) in [6.45, 7) is 2.58. The third-order valence-electron chi connectivity index (χ3n) is 3.13. The molecule has 0 saturated heterocycles. The number of methoxy groups -OCH3 is 1. The number of H-pyrrole nitrogens is 1.